The molecule has 6 heteroatoms. The summed E-state index contributed by atoms with van der Waals surface area (Å²) in [6, 6.07) is 0. The van der Waals surface area contributed by atoms with Crippen LogP contribution in [0, 0.1) is 13.8 Å². The number of aromatic nitrogens is 1. The predicted molar refractivity (Wildman–Crippen MR) is 73.5 cm³/mol. The van der Waals surface area contributed by atoms with Gasteiger partial charge in [-0.2, -0.15) is 0 Å². The fraction of sp³-hybridized carbons (Fsp3) is 0.692. The molecule has 0 bridgehead atoms. The topological polar surface area (TPSA) is 62.7 Å². The third-order valence-electron chi connectivity index (χ3n) is 3.07. The molecular weight excluding hydrogens is 264 g/mol. The Bertz CT molecular complexity index is 484. The van der Waals surface area contributed by atoms with Crippen molar-refractivity contribution in [1.82, 2.24) is 9.88 Å². The summed E-state index contributed by atoms with van der Waals surface area (Å²) in [5, 5.41) is 10.2. The average Bonchev–Trinajstić information content (AvgIpc) is 2.65. The zero-order valence-corrected chi connectivity index (χ0v) is 12.6. The molecule has 1 fully saturated rings. The number of thiazole rings is 1. The van der Waals surface area contributed by atoms with Gasteiger partial charge in [0.2, 0.25) is 0 Å². The number of ether oxygens (including phenoxy) is 1. The van der Waals surface area contributed by atoms with Crippen LogP contribution in [0.4, 0.5) is 0 Å². The van der Waals surface area contributed by atoms with Crippen LogP contribution in [0.2, 0.25) is 0 Å². The third-order valence-corrected chi connectivity index (χ3v) is 4.13. The largest absolute Gasteiger partial charge is 0.394 e. The number of hydrogen-bond acceptors (Lipinski definition) is 5. The molecular formula is C13H20N2O3S. The SMILES string of the molecule is Cc1nc(C)c(C(=O)N2CC(CO)OC(C)(C)C2)s1. The Balaban J connectivity index is 2.21. The highest BCUT2D eigenvalue weighted by Gasteiger charge is 2.36. The second-order valence-corrected chi connectivity index (χ2v) is 6.72. The molecule has 0 radical (unpaired) electrons. The van der Waals surface area contributed by atoms with Gasteiger partial charge in [0.25, 0.3) is 5.91 Å². The Morgan fingerprint density at radius 2 is 2.26 bits per heavy atom. The van der Waals surface area contributed by atoms with Crippen molar-refractivity contribution in [3.8, 4) is 0 Å². The molecule has 1 atom stereocenters. The number of hydrogen-bond donors (Lipinski definition) is 1. The fourth-order valence-corrected chi connectivity index (χ4v) is 3.31. The minimum atomic E-state index is -0.436. The highest BCUT2D eigenvalue weighted by molar-refractivity contribution is 7.13. The van der Waals surface area contributed by atoms with Gasteiger partial charge < -0.3 is 14.7 Å². The molecule has 1 aliphatic heterocycles. The molecule has 1 amide bonds. The highest BCUT2D eigenvalue weighted by Crippen LogP contribution is 2.25. The van der Waals surface area contributed by atoms with Crippen molar-refractivity contribution in [2.24, 2.45) is 0 Å². The summed E-state index contributed by atoms with van der Waals surface area (Å²) >= 11 is 1.42. The number of amides is 1. The molecule has 0 saturated carbocycles. The van der Waals surface area contributed by atoms with Crippen molar-refractivity contribution >= 4 is 17.2 Å². The van der Waals surface area contributed by atoms with Crippen LogP contribution in [0.25, 0.3) is 0 Å². The van der Waals surface area contributed by atoms with E-state index in [1.807, 2.05) is 27.7 Å². The zero-order chi connectivity index (χ0) is 14.2. The smallest absolute Gasteiger partial charge is 0.266 e. The number of nitrogens with zero attached hydrogens (tertiary/aromatic N) is 2. The summed E-state index contributed by atoms with van der Waals surface area (Å²) in [6.45, 7) is 8.49. The van der Waals surface area contributed by atoms with E-state index in [2.05, 4.69) is 4.98 Å². The molecule has 0 aromatic carbocycles. The summed E-state index contributed by atoms with van der Waals surface area (Å²) in [7, 11) is 0. The van der Waals surface area contributed by atoms with Crippen molar-refractivity contribution < 1.29 is 14.6 Å². The van der Waals surface area contributed by atoms with Gasteiger partial charge in [0.1, 0.15) is 4.88 Å². The lowest BCUT2D eigenvalue weighted by atomic mass is 10.0. The first-order chi connectivity index (χ1) is 8.82. The number of rotatable bonds is 2. The van der Waals surface area contributed by atoms with Crippen LogP contribution in [0.1, 0.15) is 34.2 Å². The summed E-state index contributed by atoms with van der Waals surface area (Å²) in [4.78, 5) is 19.3. The molecule has 106 valence electrons. The molecule has 1 unspecified atom stereocenters. The summed E-state index contributed by atoms with van der Waals surface area (Å²) < 4.78 is 5.72. The highest BCUT2D eigenvalue weighted by atomic mass is 32.1. The molecule has 1 aromatic rings. The van der Waals surface area contributed by atoms with Gasteiger partial charge in [0, 0.05) is 13.1 Å². The quantitative estimate of drug-likeness (QED) is 0.891. The third kappa shape index (κ3) is 3.13. The summed E-state index contributed by atoms with van der Waals surface area (Å²) in [5.41, 5.74) is 0.340. The lowest BCUT2D eigenvalue weighted by Gasteiger charge is -2.42. The Labute approximate surface area is 117 Å². The van der Waals surface area contributed by atoms with Crippen LogP contribution in [-0.2, 0) is 4.74 Å². The van der Waals surface area contributed by atoms with Crippen LogP contribution in [0.15, 0.2) is 0 Å². The Morgan fingerprint density at radius 1 is 1.58 bits per heavy atom. The van der Waals surface area contributed by atoms with Gasteiger partial charge in [0.05, 0.1) is 29.0 Å². The van der Waals surface area contributed by atoms with Gasteiger partial charge >= 0.3 is 0 Å². The van der Waals surface area contributed by atoms with E-state index in [9.17, 15) is 9.90 Å². The first kappa shape index (κ1) is 14.4. The molecule has 2 rings (SSSR count). The van der Waals surface area contributed by atoms with E-state index < -0.39 is 5.60 Å². The molecule has 0 spiro atoms. The molecule has 1 N–H and O–H groups in total. The van der Waals surface area contributed by atoms with Crippen LogP contribution < -0.4 is 0 Å². The van der Waals surface area contributed by atoms with Crippen molar-refractivity contribution in [1.29, 1.82) is 0 Å². The predicted octanol–water partition coefficient (Wildman–Crippen LogP) is 1.37. The summed E-state index contributed by atoms with van der Waals surface area (Å²) in [5.74, 6) is -0.0158. The van der Waals surface area contributed by atoms with E-state index in [4.69, 9.17) is 4.74 Å². The first-order valence-electron chi connectivity index (χ1n) is 6.34. The number of carbonyl (C=O) groups is 1. The second-order valence-electron chi connectivity index (χ2n) is 5.52. The lowest BCUT2D eigenvalue weighted by molar-refractivity contribution is -0.139. The monoisotopic (exact) mass is 284 g/mol. The molecule has 1 aliphatic rings. The maximum absolute atomic E-state index is 12.5. The van der Waals surface area contributed by atoms with Crippen LogP contribution in [0.5, 0.6) is 0 Å². The number of morpholine rings is 1. The lowest BCUT2D eigenvalue weighted by Crippen LogP contribution is -2.55. The number of carbonyl (C=O) groups excluding carboxylic acids is 1. The Kier molecular flexibility index (Phi) is 3.94. The molecule has 1 saturated heterocycles. The van der Waals surface area contributed by atoms with Crippen molar-refractivity contribution in [3.63, 3.8) is 0 Å². The Hall–Kier alpha value is -0.980. The van der Waals surface area contributed by atoms with Crippen molar-refractivity contribution in [2.75, 3.05) is 19.7 Å². The van der Waals surface area contributed by atoms with Crippen molar-refractivity contribution in [2.45, 2.75) is 39.4 Å². The second kappa shape index (κ2) is 5.19. The van der Waals surface area contributed by atoms with E-state index in [-0.39, 0.29) is 18.6 Å². The van der Waals surface area contributed by atoms with E-state index >= 15 is 0 Å². The normalized spacial score (nSPS) is 22.6. The maximum Gasteiger partial charge on any atom is 0.266 e. The number of aliphatic hydroxyl groups is 1. The van der Waals surface area contributed by atoms with E-state index in [1.165, 1.54) is 11.3 Å². The van der Waals surface area contributed by atoms with E-state index in [1.54, 1.807) is 4.90 Å². The molecule has 0 aliphatic carbocycles. The van der Waals surface area contributed by atoms with Crippen LogP contribution >= 0.6 is 11.3 Å². The van der Waals surface area contributed by atoms with Gasteiger partial charge in [-0.15, -0.1) is 11.3 Å². The fourth-order valence-electron chi connectivity index (χ4n) is 2.42. The maximum atomic E-state index is 12.5. The summed E-state index contributed by atoms with van der Waals surface area (Å²) in [6.07, 6.45) is -0.318. The minimum Gasteiger partial charge on any atom is -0.394 e. The molecule has 19 heavy (non-hydrogen) atoms. The number of aliphatic hydroxyl groups excluding tert-OH is 1. The minimum absolute atomic E-state index is 0.0158. The standard InChI is InChI=1S/C13H20N2O3S/c1-8-11(19-9(2)14-8)12(17)15-5-10(6-16)18-13(3,4)7-15/h10,16H,5-7H2,1-4H3. The van der Waals surface area contributed by atoms with Gasteiger partial charge in [-0.05, 0) is 27.7 Å². The first-order valence-corrected chi connectivity index (χ1v) is 7.16. The number of aryl methyl sites for hydroxylation is 2. The van der Waals surface area contributed by atoms with Gasteiger partial charge in [0.15, 0.2) is 0 Å². The van der Waals surface area contributed by atoms with Crippen molar-refractivity contribution in [3.05, 3.63) is 15.6 Å². The Morgan fingerprint density at radius 3 is 2.79 bits per heavy atom. The van der Waals surface area contributed by atoms with Gasteiger partial charge in [-0.1, -0.05) is 0 Å². The average molecular weight is 284 g/mol. The van der Waals surface area contributed by atoms with E-state index in [0.29, 0.717) is 18.0 Å². The zero-order valence-electron chi connectivity index (χ0n) is 11.8. The van der Waals surface area contributed by atoms with Gasteiger partial charge in [-0.25, -0.2) is 4.98 Å². The molecule has 5 nitrogen and oxygen atoms in total. The molecule has 1 aromatic heterocycles. The van der Waals surface area contributed by atoms with E-state index in [0.717, 1.165) is 10.7 Å². The van der Waals surface area contributed by atoms with Crippen LogP contribution in [0.3, 0.4) is 0 Å². The van der Waals surface area contributed by atoms with Gasteiger partial charge in [-0.3, -0.25) is 4.79 Å². The van der Waals surface area contributed by atoms with Crippen LogP contribution in [-0.4, -0.2) is 52.3 Å². The molecule has 2 heterocycles.